The van der Waals surface area contributed by atoms with E-state index >= 15 is 0 Å². The van der Waals surface area contributed by atoms with Crippen LogP contribution in [0.2, 0.25) is 0 Å². The Morgan fingerprint density at radius 1 is 1.04 bits per heavy atom. The number of carbonyl (C=O) groups is 1. The zero-order valence-electron chi connectivity index (χ0n) is 14.8. The second-order valence-electron chi connectivity index (χ2n) is 6.14. The molecule has 0 atom stereocenters. The van der Waals surface area contributed by atoms with E-state index in [0.29, 0.717) is 16.8 Å². The molecule has 135 valence electrons. The van der Waals surface area contributed by atoms with Crippen molar-refractivity contribution in [2.45, 2.75) is 0 Å². The minimum absolute atomic E-state index is 0. The van der Waals surface area contributed by atoms with Crippen molar-refractivity contribution in [1.29, 1.82) is 0 Å². The molecule has 0 saturated heterocycles. The van der Waals surface area contributed by atoms with Gasteiger partial charge in [0.15, 0.2) is 0 Å². The second-order valence-corrected chi connectivity index (χ2v) is 6.14. The van der Waals surface area contributed by atoms with Crippen LogP contribution in [0.4, 0.5) is 4.39 Å². The maximum Gasteiger partial charge on any atom is 0.280 e. The van der Waals surface area contributed by atoms with Crippen LogP contribution in [0.25, 0.3) is 33.3 Å². The number of aromatic nitrogens is 1. The van der Waals surface area contributed by atoms with Gasteiger partial charge in [-0.15, -0.1) is 35.4 Å². The number of hydrogen-bond donors (Lipinski definition) is 1. The van der Waals surface area contributed by atoms with Gasteiger partial charge in [-0.3, -0.25) is 9.78 Å². The van der Waals surface area contributed by atoms with Gasteiger partial charge in [-0.2, -0.15) is 6.92 Å². The number of hydrogen-bond acceptors (Lipinski definition) is 2. The third-order valence-electron chi connectivity index (χ3n) is 4.44. The molecule has 28 heavy (non-hydrogen) atoms. The third-order valence-corrected chi connectivity index (χ3v) is 4.44. The van der Waals surface area contributed by atoms with E-state index in [2.05, 4.69) is 18.0 Å². The van der Waals surface area contributed by atoms with Crippen molar-refractivity contribution in [3.8, 4) is 22.4 Å². The third kappa shape index (κ3) is 3.71. The van der Waals surface area contributed by atoms with E-state index in [1.807, 2.05) is 48.5 Å². The van der Waals surface area contributed by atoms with Crippen LogP contribution in [0.5, 0.6) is 0 Å². The minimum atomic E-state index is -1.17. The SMILES string of the molecule is [CH2-]c1c(-c2[c-]cc(-c3ccccc3)cc2)nc2ccc(F)cc2c1C(=O)O.[Y]. The standard InChI is InChI=1S/C23H14FNO2.Y/c1-14-21(23(26)27)19-13-18(24)11-12-20(19)25-22(14)17-9-7-16(8-10-17)15-5-3-2-4-6-15;/h2-9,11-13H,1H2,(H,26,27);/q-2;. The summed E-state index contributed by atoms with van der Waals surface area (Å²) in [4.78, 5) is 16.3. The number of nitrogens with zero attached hydrogens (tertiary/aromatic N) is 1. The quantitative estimate of drug-likeness (QED) is 0.432. The van der Waals surface area contributed by atoms with Gasteiger partial charge in [0.1, 0.15) is 5.82 Å². The molecule has 0 spiro atoms. The van der Waals surface area contributed by atoms with Crippen LogP contribution < -0.4 is 0 Å². The fourth-order valence-electron chi connectivity index (χ4n) is 3.12. The maximum atomic E-state index is 13.6. The van der Waals surface area contributed by atoms with Gasteiger partial charge in [-0.1, -0.05) is 41.5 Å². The summed E-state index contributed by atoms with van der Waals surface area (Å²) in [5, 5.41) is 9.85. The Bertz CT molecular complexity index is 1160. The van der Waals surface area contributed by atoms with Crippen LogP contribution in [-0.2, 0) is 32.7 Å². The van der Waals surface area contributed by atoms with Crippen LogP contribution in [-0.4, -0.2) is 16.1 Å². The molecule has 1 N–H and O–H groups in total. The van der Waals surface area contributed by atoms with Gasteiger partial charge in [0.25, 0.3) is 5.97 Å². The van der Waals surface area contributed by atoms with Crippen molar-refractivity contribution in [3.63, 3.8) is 0 Å². The molecule has 3 aromatic carbocycles. The maximum absolute atomic E-state index is 13.6. The molecule has 0 fully saturated rings. The molecule has 4 rings (SSSR count). The zero-order chi connectivity index (χ0) is 19.0. The first-order valence-electron chi connectivity index (χ1n) is 8.30. The van der Waals surface area contributed by atoms with E-state index in [1.165, 1.54) is 18.2 Å². The molecule has 1 aromatic heterocycles. The number of carboxylic acid groups (broad SMARTS) is 1. The predicted molar refractivity (Wildman–Crippen MR) is 103 cm³/mol. The number of aromatic carboxylic acids is 1. The van der Waals surface area contributed by atoms with Crippen LogP contribution in [0.1, 0.15) is 15.9 Å². The average Bonchev–Trinajstić information content (AvgIpc) is 2.68. The minimum Gasteiger partial charge on any atom is -0.487 e. The molecule has 0 aliphatic carbocycles. The molecule has 0 unspecified atom stereocenters. The molecule has 0 aliphatic rings. The van der Waals surface area contributed by atoms with E-state index in [4.69, 9.17) is 0 Å². The Labute approximate surface area is 187 Å². The molecule has 5 heteroatoms. The summed E-state index contributed by atoms with van der Waals surface area (Å²) in [7, 11) is 0. The number of benzene rings is 3. The van der Waals surface area contributed by atoms with Gasteiger partial charge in [-0.05, 0) is 34.8 Å². The van der Waals surface area contributed by atoms with E-state index in [9.17, 15) is 14.3 Å². The van der Waals surface area contributed by atoms with Gasteiger partial charge >= 0.3 is 0 Å². The summed E-state index contributed by atoms with van der Waals surface area (Å²) in [5.41, 5.74) is 3.70. The number of carboxylic acids is 1. The van der Waals surface area contributed by atoms with Crippen molar-refractivity contribution >= 4 is 16.9 Å². The van der Waals surface area contributed by atoms with Crippen molar-refractivity contribution in [1.82, 2.24) is 4.98 Å². The summed E-state index contributed by atoms with van der Waals surface area (Å²) in [5.74, 6) is -1.68. The molecule has 0 saturated carbocycles. The first-order valence-corrected chi connectivity index (χ1v) is 8.30. The molecule has 0 amide bonds. The van der Waals surface area contributed by atoms with Crippen molar-refractivity contribution in [3.05, 3.63) is 96.7 Å². The van der Waals surface area contributed by atoms with E-state index in [0.717, 1.165) is 11.1 Å². The Morgan fingerprint density at radius 3 is 2.43 bits per heavy atom. The molecular weight excluding hydrogens is 430 g/mol. The summed E-state index contributed by atoms with van der Waals surface area (Å²) in [6.07, 6.45) is 0. The van der Waals surface area contributed by atoms with Crippen LogP contribution in [0.15, 0.2) is 66.7 Å². The molecule has 1 heterocycles. The first kappa shape index (κ1) is 20.2. The van der Waals surface area contributed by atoms with Crippen LogP contribution >= 0.6 is 0 Å². The van der Waals surface area contributed by atoms with Crippen LogP contribution in [0, 0.1) is 18.8 Å². The molecule has 3 nitrogen and oxygen atoms in total. The second kappa shape index (κ2) is 8.21. The van der Waals surface area contributed by atoms with E-state index in [-0.39, 0.29) is 49.2 Å². The van der Waals surface area contributed by atoms with E-state index < -0.39 is 11.8 Å². The summed E-state index contributed by atoms with van der Waals surface area (Å²) in [6, 6.07) is 22.5. The summed E-state index contributed by atoms with van der Waals surface area (Å²) in [6.45, 7) is 3.89. The van der Waals surface area contributed by atoms with Gasteiger partial charge in [0, 0.05) is 38.2 Å². The van der Waals surface area contributed by atoms with Gasteiger partial charge in [0.2, 0.25) is 0 Å². The zero-order valence-corrected chi connectivity index (χ0v) is 17.7. The number of pyridine rings is 1. The number of halogens is 1. The van der Waals surface area contributed by atoms with E-state index in [1.54, 1.807) is 0 Å². The summed E-state index contributed by atoms with van der Waals surface area (Å²) < 4.78 is 13.6. The summed E-state index contributed by atoms with van der Waals surface area (Å²) >= 11 is 0. The largest absolute Gasteiger partial charge is 0.487 e. The Hall–Kier alpha value is -2.56. The van der Waals surface area contributed by atoms with Crippen molar-refractivity contribution < 1.29 is 47.0 Å². The number of fused-ring (bicyclic) bond motifs is 1. The molecular formula is C23H14FNO2Y-2. The van der Waals surface area contributed by atoms with Crippen LogP contribution in [0.3, 0.4) is 0 Å². The van der Waals surface area contributed by atoms with Gasteiger partial charge < -0.3 is 5.11 Å². The molecule has 0 aliphatic heterocycles. The van der Waals surface area contributed by atoms with Gasteiger partial charge in [-0.25, -0.2) is 4.39 Å². The fourth-order valence-corrected chi connectivity index (χ4v) is 3.12. The Kier molecular flexibility index (Phi) is 5.92. The monoisotopic (exact) mass is 444 g/mol. The first-order chi connectivity index (χ1) is 13.0. The van der Waals surface area contributed by atoms with Crippen molar-refractivity contribution in [2.24, 2.45) is 0 Å². The average molecular weight is 444 g/mol. The molecule has 0 bridgehead atoms. The topological polar surface area (TPSA) is 50.2 Å². The Morgan fingerprint density at radius 2 is 1.79 bits per heavy atom. The number of rotatable bonds is 3. The van der Waals surface area contributed by atoms with Gasteiger partial charge in [0.05, 0.1) is 0 Å². The van der Waals surface area contributed by atoms with Crippen molar-refractivity contribution in [2.75, 3.05) is 0 Å². The normalized spacial score (nSPS) is 10.5. The smallest absolute Gasteiger partial charge is 0.280 e. The predicted octanol–water partition coefficient (Wildman–Crippen LogP) is 5.39. The Balaban J connectivity index is 0.00000225. The fraction of sp³-hybridized carbons (Fsp3) is 0. The molecule has 4 aromatic rings. The molecule has 1 radical (unpaired) electrons.